The predicted octanol–water partition coefficient (Wildman–Crippen LogP) is 4.85. The second-order valence-electron chi connectivity index (χ2n) is 10.8. The first-order chi connectivity index (χ1) is 23.4. The van der Waals surface area contributed by atoms with Crippen LogP contribution in [0, 0.1) is 13.8 Å². The Balaban J connectivity index is 1.56. The third kappa shape index (κ3) is 8.45. The number of azo groups is 2. The number of benzene rings is 2. The fourth-order valence-electron chi connectivity index (χ4n) is 4.87. The molecular weight excluding hydrogens is 717 g/mol. The van der Waals surface area contributed by atoms with Crippen molar-refractivity contribution >= 4 is 53.8 Å². The van der Waals surface area contributed by atoms with Crippen molar-refractivity contribution in [2.24, 2.45) is 20.5 Å². The second kappa shape index (κ2) is 14.9. The fraction of sp³-hybridized carbons (Fsp3) is 0.267. The lowest BCUT2D eigenvalue weighted by atomic mass is 10.1. The van der Waals surface area contributed by atoms with Crippen LogP contribution in [0.25, 0.3) is 0 Å². The van der Waals surface area contributed by atoms with Crippen LogP contribution in [0.2, 0.25) is 0 Å². The van der Waals surface area contributed by atoms with E-state index in [-0.39, 0.29) is 58.1 Å². The molecule has 4 rings (SSSR count). The van der Waals surface area contributed by atoms with Gasteiger partial charge in [0.2, 0.25) is 0 Å². The summed E-state index contributed by atoms with van der Waals surface area (Å²) in [6, 6.07) is 12.0. The fourth-order valence-corrected chi connectivity index (χ4v) is 7.33. The Morgan fingerprint density at radius 3 is 1.22 bits per heavy atom. The van der Waals surface area contributed by atoms with Gasteiger partial charge in [0.1, 0.15) is 11.5 Å². The van der Waals surface area contributed by atoms with Crippen molar-refractivity contribution in [1.29, 1.82) is 0 Å². The molecule has 0 saturated carbocycles. The van der Waals surface area contributed by atoms with Crippen molar-refractivity contribution in [2.45, 2.75) is 62.1 Å². The van der Waals surface area contributed by atoms with E-state index >= 15 is 0 Å². The van der Waals surface area contributed by atoms with Crippen LogP contribution in [0.15, 0.2) is 88.4 Å². The highest BCUT2D eigenvalue weighted by molar-refractivity contribution is 7.85. The first-order valence-electron chi connectivity index (χ1n) is 14.6. The van der Waals surface area contributed by atoms with Gasteiger partial charge in [-0.2, -0.15) is 27.1 Å². The van der Waals surface area contributed by atoms with Gasteiger partial charge in [0.05, 0.1) is 22.2 Å². The molecule has 0 aliphatic carbocycles. The monoisotopic (exact) mass is 748 g/mol. The van der Waals surface area contributed by atoms with E-state index in [1.807, 2.05) is 0 Å². The van der Waals surface area contributed by atoms with Gasteiger partial charge in [-0.3, -0.25) is 27.8 Å². The Kier molecular flexibility index (Phi) is 11.3. The minimum absolute atomic E-state index is 0.00503. The summed E-state index contributed by atoms with van der Waals surface area (Å²) in [5.74, 6) is -3.07. The maximum atomic E-state index is 13.2. The highest BCUT2D eigenvalue weighted by atomic mass is 32.2. The molecule has 20 heteroatoms. The van der Waals surface area contributed by atoms with Gasteiger partial charge in [0.15, 0.2) is 23.1 Å². The Hall–Kier alpha value is -4.89. The highest BCUT2D eigenvalue weighted by Gasteiger charge is 2.23. The van der Waals surface area contributed by atoms with Crippen molar-refractivity contribution in [3.63, 3.8) is 0 Å². The van der Waals surface area contributed by atoms with Crippen LogP contribution in [0.1, 0.15) is 36.1 Å². The number of hydrogen-bond donors (Lipinski definition) is 4. The molecule has 0 fully saturated rings. The zero-order chi connectivity index (χ0) is 37.1. The third-order valence-corrected chi connectivity index (χ3v) is 10.2. The average Bonchev–Trinajstić information content (AvgIpc) is 3.05. The van der Waals surface area contributed by atoms with Gasteiger partial charge < -0.3 is 10.2 Å². The summed E-state index contributed by atoms with van der Waals surface area (Å²) < 4.78 is 79.7. The summed E-state index contributed by atoms with van der Waals surface area (Å²) in [6.07, 6.45) is 0. The van der Waals surface area contributed by atoms with E-state index < -0.39 is 65.4 Å². The maximum Gasteiger partial charge on any atom is 0.281 e. The van der Waals surface area contributed by atoms with E-state index in [2.05, 4.69) is 20.5 Å². The minimum atomic E-state index is -4.54. The van der Waals surface area contributed by atoms with Gasteiger partial charge in [0.25, 0.3) is 31.4 Å². The first-order valence-corrected chi connectivity index (χ1v) is 19.0. The number of aromatic nitrogens is 2. The molecular formula is C30H32N6O11S3. The van der Waals surface area contributed by atoms with E-state index in [1.165, 1.54) is 62.4 Å². The highest BCUT2D eigenvalue weighted by Crippen LogP contribution is 2.31. The van der Waals surface area contributed by atoms with Crippen LogP contribution in [0.3, 0.4) is 0 Å². The van der Waals surface area contributed by atoms with Gasteiger partial charge >= 0.3 is 0 Å². The molecule has 0 radical (unpaired) electrons. The molecule has 50 heavy (non-hydrogen) atoms. The first kappa shape index (κ1) is 37.9. The molecule has 17 nitrogen and oxygen atoms in total. The van der Waals surface area contributed by atoms with Crippen LogP contribution in [0.5, 0.6) is 11.8 Å². The van der Waals surface area contributed by atoms with Gasteiger partial charge in [0, 0.05) is 34.0 Å². The molecule has 2 aromatic heterocycles. The average molecular weight is 749 g/mol. The Morgan fingerprint density at radius 1 is 0.620 bits per heavy atom. The van der Waals surface area contributed by atoms with Gasteiger partial charge in [-0.05, 0) is 87.4 Å². The summed E-state index contributed by atoms with van der Waals surface area (Å²) in [7, 11) is -10.7. The summed E-state index contributed by atoms with van der Waals surface area (Å²) >= 11 is 0. The van der Waals surface area contributed by atoms with E-state index in [0.29, 0.717) is 9.79 Å². The molecule has 0 amide bonds. The van der Waals surface area contributed by atoms with E-state index in [9.17, 15) is 50.0 Å². The zero-order valence-corrected chi connectivity index (χ0v) is 29.5. The van der Waals surface area contributed by atoms with Crippen LogP contribution < -0.4 is 11.1 Å². The minimum Gasteiger partial charge on any atom is -0.494 e. The van der Waals surface area contributed by atoms with Crippen molar-refractivity contribution in [3.05, 3.63) is 91.5 Å². The lowest BCUT2D eigenvalue weighted by Gasteiger charge is -2.14. The molecule has 0 atom stereocenters. The maximum absolute atomic E-state index is 13.2. The number of rotatable bonds is 12. The Labute approximate surface area is 288 Å². The van der Waals surface area contributed by atoms with Crippen molar-refractivity contribution in [3.8, 4) is 11.8 Å². The van der Waals surface area contributed by atoms with E-state index in [1.54, 1.807) is 13.8 Å². The summed E-state index contributed by atoms with van der Waals surface area (Å²) in [5, 5.41) is 36.9. The van der Waals surface area contributed by atoms with Crippen molar-refractivity contribution < 1.29 is 40.4 Å². The smallest absolute Gasteiger partial charge is 0.281 e. The summed E-state index contributed by atoms with van der Waals surface area (Å²) in [5.41, 5.74) is -1.71. The van der Waals surface area contributed by atoms with E-state index in [0.717, 1.165) is 9.13 Å². The molecule has 0 saturated heterocycles. The van der Waals surface area contributed by atoms with Crippen molar-refractivity contribution in [1.82, 2.24) is 9.13 Å². The largest absolute Gasteiger partial charge is 0.494 e. The molecule has 2 aromatic carbocycles. The van der Waals surface area contributed by atoms with Crippen LogP contribution in [0.4, 0.5) is 22.7 Å². The molecule has 0 bridgehead atoms. The Bertz CT molecular complexity index is 2220. The number of aromatic hydroxyl groups is 2. The molecule has 0 unspecified atom stereocenters. The lowest BCUT2D eigenvalue weighted by molar-refractivity contribution is 0.403. The van der Waals surface area contributed by atoms with Crippen LogP contribution >= 0.6 is 0 Å². The number of pyridine rings is 2. The molecule has 4 N–H and O–H groups in total. The molecule has 4 aromatic rings. The van der Waals surface area contributed by atoms with E-state index in [4.69, 9.17) is 0 Å². The van der Waals surface area contributed by atoms with Gasteiger partial charge in [-0.1, -0.05) is 0 Å². The standard InChI is InChI=1S/C30H32N6O11S3/c1-5-35-27(37)23(15-49(42,43)44)17(3)25(29(35)39)33-31-19-7-11-21(12-8-19)48(41)22-13-9-20(10-14-22)32-34-26-18(4)24(16-50(45,46)47)28(38)36(6-2)30(26)40/h7-14,37-38H,5-6,15-16H2,1-4H3,(H,42,43,44)(H,45,46,47). The predicted molar refractivity (Wildman–Crippen MR) is 182 cm³/mol. The number of nitrogens with zero attached hydrogens (tertiary/aromatic N) is 6. The topological polar surface area (TPSA) is 260 Å². The molecule has 266 valence electrons. The lowest BCUT2D eigenvalue weighted by Crippen LogP contribution is -2.22. The zero-order valence-electron chi connectivity index (χ0n) is 27.0. The third-order valence-electron chi connectivity index (χ3n) is 7.48. The molecule has 0 spiro atoms. The molecule has 0 aliphatic rings. The Morgan fingerprint density at radius 2 is 0.940 bits per heavy atom. The summed E-state index contributed by atoms with van der Waals surface area (Å²) in [4.78, 5) is 26.5. The molecule has 2 heterocycles. The molecule has 0 aliphatic heterocycles. The second-order valence-corrected chi connectivity index (χ2v) is 15.1. The van der Waals surface area contributed by atoms with Crippen LogP contribution in [-0.4, -0.2) is 49.5 Å². The van der Waals surface area contributed by atoms with Crippen molar-refractivity contribution in [2.75, 3.05) is 0 Å². The number of hydrogen-bond acceptors (Lipinski definition) is 13. The SMILES string of the molecule is CCn1c(O)c(CS(=O)(=O)O)c(C)c(N=Nc2ccc(S(=O)c3ccc(N=Nc4c(C)c(CS(=O)(=O)O)c(O)n(CC)c4=O)cc3)cc2)c1=O. The van der Waals surface area contributed by atoms with Crippen LogP contribution in [-0.2, 0) is 55.6 Å². The van der Waals surface area contributed by atoms with Gasteiger partial charge in [-0.15, -0.1) is 10.2 Å². The normalized spacial score (nSPS) is 13.0. The van der Waals surface area contributed by atoms with Gasteiger partial charge in [-0.25, -0.2) is 4.21 Å². The summed E-state index contributed by atoms with van der Waals surface area (Å²) in [6.45, 7) is 5.84. The quantitative estimate of drug-likeness (QED) is 0.112.